The van der Waals surface area contributed by atoms with Crippen molar-refractivity contribution in [3.05, 3.63) is 42.2 Å². The van der Waals surface area contributed by atoms with Crippen molar-refractivity contribution in [3.63, 3.8) is 0 Å². The summed E-state index contributed by atoms with van der Waals surface area (Å²) in [6, 6.07) is 9.14. The van der Waals surface area contributed by atoms with Crippen LogP contribution in [0.2, 0.25) is 0 Å². The molecule has 7 nitrogen and oxygen atoms in total. The lowest BCUT2D eigenvalue weighted by Gasteiger charge is -2.33. The number of nitrogens with zero attached hydrogens (tertiary/aromatic N) is 3. The molecule has 0 radical (unpaired) electrons. The van der Waals surface area contributed by atoms with Crippen molar-refractivity contribution in [2.75, 3.05) is 52.3 Å². The Labute approximate surface area is 159 Å². The molecule has 0 unspecified atom stereocenters. The number of carbonyl (C=O) groups excluding carboxylic acids is 1. The lowest BCUT2D eigenvalue weighted by Crippen LogP contribution is -2.48. The van der Waals surface area contributed by atoms with Crippen LogP contribution in [0.3, 0.4) is 0 Å². The quantitative estimate of drug-likeness (QED) is 0.843. The van der Waals surface area contributed by atoms with E-state index in [1.807, 2.05) is 29.2 Å². The Balaban J connectivity index is 1.73. The monoisotopic (exact) mass is 370 g/mol. The highest BCUT2D eigenvalue weighted by atomic mass is 16.5. The first kappa shape index (κ1) is 19.0. The Morgan fingerprint density at radius 2 is 1.89 bits per heavy atom. The van der Waals surface area contributed by atoms with E-state index in [1.54, 1.807) is 26.5 Å². The zero-order valence-electron chi connectivity index (χ0n) is 16.1. The molecule has 0 bridgehead atoms. The Bertz CT molecular complexity index is 789. The minimum absolute atomic E-state index is 0.0314. The van der Waals surface area contributed by atoms with Crippen molar-refractivity contribution in [3.8, 4) is 11.5 Å². The van der Waals surface area contributed by atoms with E-state index in [0.717, 1.165) is 44.1 Å². The average molecular weight is 370 g/mol. The topological polar surface area (TPSA) is 66.9 Å². The van der Waals surface area contributed by atoms with Gasteiger partial charge in [0.15, 0.2) is 0 Å². The molecule has 3 rings (SSSR count). The minimum Gasteiger partial charge on any atom is -0.497 e. The number of likely N-dealkylation sites (N-methyl/N-ethyl adjacent to an activating group) is 1. The number of ether oxygens (including phenoxy) is 2. The van der Waals surface area contributed by atoms with Gasteiger partial charge in [0.05, 0.1) is 19.9 Å². The second kappa shape index (κ2) is 8.73. The molecule has 1 amide bonds. The van der Waals surface area contributed by atoms with E-state index in [4.69, 9.17) is 9.47 Å². The number of carbonyl (C=O) groups is 1. The van der Waals surface area contributed by atoms with E-state index in [2.05, 4.69) is 22.1 Å². The number of anilines is 2. The molecule has 1 fully saturated rings. The van der Waals surface area contributed by atoms with Gasteiger partial charge in [0.25, 0.3) is 5.91 Å². The zero-order valence-corrected chi connectivity index (χ0v) is 16.1. The molecule has 1 aromatic heterocycles. The Morgan fingerprint density at radius 1 is 1.11 bits per heavy atom. The normalized spacial score (nSPS) is 14.7. The van der Waals surface area contributed by atoms with Gasteiger partial charge in [0.1, 0.15) is 17.2 Å². The van der Waals surface area contributed by atoms with Crippen LogP contribution < -0.4 is 14.8 Å². The van der Waals surface area contributed by atoms with Crippen LogP contribution in [0.1, 0.15) is 17.4 Å². The standard InChI is InChI=1S/C20H26N4O3/c1-4-23-9-11-24(12-10-23)20(25)18-13-15(7-8-21-18)22-17-6-5-16(26-2)14-19(17)27-3/h5-8,13-14H,4,9-12H2,1-3H3,(H,21,22). The first-order valence-electron chi connectivity index (χ1n) is 9.11. The van der Waals surface area contributed by atoms with Crippen LogP contribution in [0.15, 0.2) is 36.5 Å². The van der Waals surface area contributed by atoms with Crippen molar-refractivity contribution < 1.29 is 14.3 Å². The van der Waals surface area contributed by atoms with Crippen LogP contribution in [0.5, 0.6) is 11.5 Å². The van der Waals surface area contributed by atoms with Crippen molar-refractivity contribution in [2.24, 2.45) is 0 Å². The van der Waals surface area contributed by atoms with Gasteiger partial charge in [-0.3, -0.25) is 9.78 Å². The maximum atomic E-state index is 12.8. The van der Waals surface area contributed by atoms with Gasteiger partial charge in [-0.15, -0.1) is 0 Å². The number of piperazine rings is 1. The number of methoxy groups -OCH3 is 2. The van der Waals surface area contributed by atoms with Crippen molar-refractivity contribution >= 4 is 17.3 Å². The number of nitrogens with one attached hydrogen (secondary N) is 1. The Morgan fingerprint density at radius 3 is 2.56 bits per heavy atom. The van der Waals surface area contributed by atoms with Crippen LogP contribution in [0, 0.1) is 0 Å². The molecule has 1 aliphatic heterocycles. The van der Waals surface area contributed by atoms with Gasteiger partial charge in [-0.25, -0.2) is 0 Å². The predicted octanol–water partition coefficient (Wildman–Crippen LogP) is 2.62. The van der Waals surface area contributed by atoms with Gasteiger partial charge in [0, 0.05) is 44.1 Å². The Kier molecular flexibility index (Phi) is 6.13. The molecule has 1 N–H and O–H groups in total. The second-order valence-corrected chi connectivity index (χ2v) is 6.35. The number of benzene rings is 1. The van der Waals surface area contributed by atoms with E-state index >= 15 is 0 Å². The summed E-state index contributed by atoms with van der Waals surface area (Å²) in [4.78, 5) is 21.3. The lowest BCUT2D eigenvalue weighted by molar-refractivity contribution is 0.0637. The molecule has 27 heavy (non-hydrogen) atoms. The summed E-state index contributed by atoms with van der Waals surface area (Å²) in [6.45, 7) is 6.44. The maximum Gasteiger partial charge on any atom is 0.272 e. The first-order valence-corrected chi connectivity index (χ1v) is 9.11. The summed E-state index contributed by atoms with van der Waals surface area (Å²) in [6.07, 6.45) is 1.65. The maximum absolute atomic E-state index is 12.8. The van der Waals surface area contributed by atoms with Crippen LogP contribution in [0.25, 0.3) is 0 Å². The third-order valence-electron chi connectivity index (χ3n) is 4.77. The minimum atomic E-state index is -0.0314. The number of rotatable bonds is 6. The second-order valence-electron chi connectivity index (χ2n) is 6.35. The summed E-state index contributed by atoms with van der Waals surface area (Å²) in [5, 5.41) is 3.29. The fourth-order valence-electron chi connectivity index (χ4n) is 3.11. The van der Waals surface area contributed by atoms with Crippen molar-refractivity contribution in [1.29, 1.82) is 0 Å². The fourth-order valence-corrected chi connectivity index (χ4v) is 3.11. The molecule has 1 aromatic carbocycles. The highest BCUT2D eigenvalue weighted by molar-refractivity contribution is 5.93. The number of amides is 1. The van der Waals surface area contributed by atoms with Gasteiger partial charge < -0.3 is 24.6 Å². The predicted molar refractivity (Wildman–Crippen MR) is 105 cm³/mol. The van der Waals surface area contributed by atoms with Crippen LogP contribution in [-0.4, -0.2) is 67.6 Å². The van der Waals surface area contributed by atoms with E-state index in [1.165, 1.54) is 0 Å². The summed E-state index contributed by atoms with van der Waals surface area (Å²) < 4.78 is 10.6. The summed E-state index contributed by atoms with van der Waals surface area (Å²) in [7, 11) is 3.22. The summed E-state index contributed by atoms with van der Waals surface area (Å²) >= 11 is 0. The highest BCUT2D eigenvalue weighted by Crippen LogP contribution is 2.31. The zero-order chi connectivity index (χ0) is 19.2. The molecular formula is C20H26N4O3. The molecule has 0 spiro atoms. The van der Waals surface area contributed by atoms with Gasteiger partial charge in [-0.2, -0.15) is 0 Å². The van der Waals surface area contributed by atoms with Crippen molar-refractivity contribution in [1.82, 2.24) is 14.8 Å². The smallest absolute Gasteiger partial charge is 0.272 e. The third kappa shape index (κ3) is 4.49. The molecular weight excluding hydrogens is 344 g/mol. The molecule has 0 atom stereocenters. The molecule has 1 saturated heterocycles. The molecule has 7 heteroatoms. The third-order valence-corrected chi connectivity index (χ3v) is 4.77. The molecule has 1 aliphatic rings. The van der Waals surface area contributed by atoms with Crippen LogP contribution in [-0.2, 0) is 0 Å². The van der Waals surface area contributed by atoms with Gasteiger partial charge in [-0.1, -0.05) is 6.92 Å². The average Bonchev–Trinajstić information content (AvgIpc) is 2.73. The van der Waals surface area contributed by atoms with E-state index in [0.29, 0.717) is 17.2 Å². The number of pyridine rings is 1. The lowest BCUT2D eigenvalue weighted by atomic mass is 10.2. The largest absolute Gasteiger partial charge is 0.497 e. The first-order chi connectivity index (χ1) is 13.1. The van der Waals surface area contributed by atoms with Gasteiger partial charge in [0.2, 0.25) is 0 Å². The summed E-state index contributed by atoms with van der Waals surface area (Å²) in [5.74, 6) is 1.35. The van der Waals surface area contributed by atoms with E-state index in [9.17, 15) is 4.79 Å². The Hall–Kier alpha value is -2.80. The molecule has 0 saturated carbocycles. The molecule has 144 valence electrons. The molecule has 2 heterocycles. The highest BCUT2D eigenvalue weighted by Gasteiger charge is 2.22. The van der Waals surface area contributed by atoms with Crippen LogP contribution in [0.4, 0.5) is 11.4 Å². The molecule has 0 aliphatic carbocycles. The number of hydrogen-bond donors (Lipinski definition) is 1. The van der Waals surface area contributed by atoms with Gasteiger partial charge >= 0.3 is 0 Å². The van der Waals surface area contributed by atoms with E-state index < -0.39 is 0 Å². The molecule has 2 aromatic rings. The number of aromatic nitrogens is 1. The SMILES string of the molecule is CCN1CCN(C(=O)c2cc(Nc3ccc(OC)cc3OC)ccn2)CC1. The number of hydrogen-bond acceptors (Lipinski definition) is 6. The van der Waals surface area contributed by atoms with E-state index in [-0.39, 0.29) is 5.91 Å². The van der Waals surface area contributed by atoms with Crippen molar-refractivity contribution in [2.45, 2.75) is 6.92 Å². The summed E-state index contributed by atoms with van der Waals surface area (Å²) in [5.41, 5.74) is 2.01. The van der Waals surface area contributed by atoms with Gasteiger partial charge in [-0.05, 0) is 30.8 Å². The van der Waals surface area contributed by atoms with Crippen LogP contribution >= 0.6 is 0 Å². The fraction of sp³-hybridized carbons (Fsp3) is 0.400.